The van der Waals surface area contributed by atoms with Gasteiger partial charge in [-0.15, -0.1) is 0 Å². The summed E-state index contributed by atoms with van der Waals surface area (Å²) in [4.78, 5) is 22.0. The summed E-state index contributed by atoms with van der Waals surface area (Å²) in [6.07, 6.45) is 8.42. The van der Waals surface area contributed by atoms with Crippen molar-refractivity contribution in [1.29, 1.82) is 0 Å². The van der Waals surface area contributed by atoms with E-state index in [4.69, 9.17) is 9.40 Å². The predicted molar refractivity (Wildman–Crippen MR) is 110 cm³/mol. The number of pyridine rings is 2. The van der Waals surface area contributed by atoms with Crippen LogP contribution < -0.4 is 5.32 Å². The number of nitrogens with zero attached hydrogens (tertiary/aromatic N) is 6. The summed E-state index contributed by atoms with van der Waals surface area (Å²) in [5, 5.41) is 12.1. The van der Waals surface area contributed by atoms with Crippen LogP contribution in [0.1, 0.15) is 16.1 Å². The van der Waals surface area contributed by atoms with E-state index < -0.39 is 0 Å². The molecular weight excluding hydrogens is 382 g/mol. The summed E-state index contributed by atoms with van der Waals surface area (Å²) in [5.41, 5.74) is 2.47. The second kappa shape index (κ2) is 7.28. The van der Waals surface area contributed by atoms with Crippen molar-refractivity contribution in [2.75, 3.05) is 5.32 Å². The molecule has 5 aromatic rings. The SMILES string of the molecule is Cn1ccc(NC(=O)c2cc(-c3cccnc3)nc3c2cnn3Cc2ccco2)n1. The van der Waals surface area contributed by atoms with Gasteiger partial charge in [-0.05, 0) is 30.3 Å². The van der Waals surface area contributed by atoms with Crippen molar-refractivity contribution in [2.24, 2.45) is 7.05 Å². The van der Waals surface area contributed by atoms with E-state index in [9.17, 15) is 4.79 Å². The molecule has 5 aromatic heterocycles. The number of anilines is 1. The molecule has 0 aliphatic rings. The molecule has 9 nitrogen and oxygen atoms in total. The summed E-state index contributed by atoms with van der Waals surface area (Å²) in [6, 6.07) is 10.9. The summed E-state index contributed by atoms with van der Waals surface area (Å²) in [7, 11) is 1.79. The summed E-state index contributed by atoms with van der Waals surface area (Å²) < 4.78 is 8.78. The van der Waals surface area contributed by atoms with Gasteiger partial charge in [0.25, 0.3) is 5.91 Å². The minimum Gasteiger partial charge on any atom is -0.467 e. The molecule has 0 unspecified atom stereocenters. The fourth-order valence-electron chi connectivity index (χ4n) is 3.23. The summed E-state index contributed by atoms with van der Waals surface area (Å²) >= 11 is 0. The van der Waals surface area contributed by atoms with E-state index in [1.807, 2.05) is 24.3 Å². The molecule has 5 heterocycles. The molecule has 0 fully saturated rings. The Morgan fingerprint density at radius 2 is 2.13 bits per heavy atom. The first kappa shape index (κ1) is 17.8. The van der Waals surface area contributed by atoms with Crippen LogP contribution in [-0.2, 0) is 13.6 Å². The molecule has 9 heteroatoms. The number of fused-ring (bicyclic) bond motifs is 1. The first-order valence-electron chi connectivity index (χ1n) is 9.28. The molecule has 0 atom stereocenters. The molecule has 0 aliphatic heterocycles. The number of aryl methyl sites for hydroxylation is 1. The van der Waals surface area contributed by atoms with Gasteiger partial charge in [0.15, 0.2) is 11.5 Å². The molecule has 1 amide bonds. The van der Waals surface area contributed by atoms with Crippen molar-refractivity contribution in [3.05, 3.63) is 78.8 Å². The van der Waals surface area contributed by atoms with E-state index in [1.54, 1.807) is 59.6 Å². The maximum atomic E-state index is 13.1. The maximum absolute atomic E-state index is 13.1. The summed E-state index contributed by atoms with van der Waals surface area (Å²) in [5.74, 6) is 0.926. The van der Waals surface area contributed by atoms with Crippen LogP contribution in [0.25, 0.3) is 22.3 Å². The topological polar surface area (TPSA) is 104 Å². The predicted octanol–water partition coefficient (Wildman–Crippen LogP) is 3.12. The first-order chi connectivity index (χ1) is 14.7. The fraction of sp³-hybridized carbons (Fsp3) is 0.0952. The van der Waals surface area contributed by atoms with Crippen LogP contribution in [-0.4, -0.2) is 35.4 Å². The second-order valence-corrected chi connectivity index (χ2v) is 6.74. The molecule has 0 radical (unpaired) electrons. The van der Waals surface area contributed by atoms with E-state index in [0.29, 0.717) is 34.7 Å². The highest BCUT2D eigenvalue weighted by molar-refractivity contribution is 6.12. The van der Waals surface area contributed by atoms with Crippen LogP contribution in [0.2, 0.25) is 0 Å². The quantitative estimate of drug-likeness (QED) is 0.487. The molecule has 0 bridgehead atoms. The highest BCUT2D eigenvalue weighted by atomic mass is 16.3. The minimum atomic E-state index is -0.288. The van der Waals surface area contributed by atoms with Crippen LogP contribution in [0.5, 0.6) is 0 Å². The van der Waals surface area contributed by atoms with Crippen LogP contribution in [0, 0.1) is 0 Å². The third-order valence-corrected chi connectivity index (χ3v) is 4.65. The standard InChI is InChI=1S/C21H17N7O2/c1-27-8-6-19(26-27)25-21(29)16-10-18(14-4-2-7-22-11-14)24-20-17(16)12-23-28(20)13-15-5-3-9-30-15/h2-12H,13H2,1H3,(H,25,26,29). The van der Waals surface area contributed by atoms with Crippen molar-refractivity contribution in [1.82, 2.24) is 29.5 Å². The van der Waals surface area contributed by atoms with Crippen molar-refractivity contribution in [3.63, 3.8) is 0 Å². The van der Waals surface area contributed by atoms with E-state index in [0.717, 1.165) is 11.3 Å². The lowest BCUT2D eigenvalue weighted by atomic mass is 10.1. The van der Waals surface area contributed by atoms with Gasteiger partial charge in [0, 0.05) is 37.3 Å². The highest BCUT2D eigenvalue weighted by Gasteiger charge is 2.19. The third-order valence-electron chi connectivity index (χ3n) is 4.65. The van der Waals surface area contributed by atoms with Gasteiger partial charge in [-0.25, -0.2) is 9.67 Å². The van der Waals surface area contributed by atoms with Crippen molar-refractivity contribution >= 4 is 22.8 Å². The van der Waals surface area contributed by atoms with Crippen LogP contribution in [0.3, 0.4) is 0 Å². The van der Waals surface area contributed by atoms with Gasteiger partial charge in [-0.2, -0.15) is 10.2 Å². The Bertz CT molecular complexity index is 1320. The summed E-state index contributed by atoms with van der Waals surface area (Å²) in [6.45, 7) is 0.404. The maximum Gasteiger partial charge on any atom is 0.257 e. The van der Waals surface area contributed by atoms with Gasteiger partial charge in [0.2, 0.25) is 0 Å². The van der Waals surface area contributed by atoms with Crippen LogP contribution >= 0.6 is 0 Å². The normalized spacial score (nSPS) is 11.1. The molecular formula is C21H17N7O2. The van der Waals surface area contributed by atoms with Gasteiger partial charge < -0.3 is 9.73 Å². The van der Waals surface area contributed by atoms with E-state index in [2.05, 4.69) is 20.5 Å². The molecule has 0 aromatic carbocycles. The highest BCUT2D eigenvalue weighted by Crippen LogP contribution is 2.25. The molecule has 1 N–H and O–H groups in total. The molecule has 148 valence electrons. The number of aromatic nitrogens is 6. The van der Waals surface area contributed by atoms with Gasteiger partial charge in [-0.3, -0.25) is 14.5 Å². The van der Waals surface area contributed by atoms with Gasteiger partial charge in [-0.1, -0.05) is 0 Å². The minimum absolute atomic E-state index is 0.288. The monoisotopic (exact) mass is 399 g/mol. The number of hydrogen-bond donors (Lipinski definition) is 1. The fourth-order valence-corrected chi connectivity index (χ4v) is 3.23. The smallest absolute Gasteiger partial charge is 0.257 e. The lowest BCUT2D eigenvalue weighted by Gasteiger charge is -2.08. The first-order valence-corrected chi connectivity index (χ1v) is 9.28. The largest absolute Gasteiger partial charge is 0.467 e. The number of nitrogens with one attached hydrogen (secondary N) is 1. The average Bonchev–Trinajstić information content (AvgIpc) is 3.51. The van der Waals surface area contributed by atoms with E-state index in [1.165, 1.54) is 0 Å². The zero-order valence-corrected chi connectivity index (χ0v) is 16.1. The Morgan fingerprint density at radius 3 is 2.87 bits per heavy atom. The molecule has 0 saturated carbocycles. The van der Waals surface area contributed by atoms with Crippen molar-refractivity contribution < 1.29 is 9.21 Å². The number of carbonyl (C=O) groups is 1. The van der Waals surface area contributed by atoms with E-state index >= 15 is 0 Å². The molecule has 0 saturated heterocycles. The van der Waals surface area contributed by atoms with Gasteiger partial charge >= 0.3 is 0 Å². The number of carbonyl (C=O) groups excluding carboxylic acids is 1. The van der Waals surface area contributed by atoms with Gasteiger partial charge in [0.05, 0.1) is 29.1 Å². The number of amides is 1. The number of furan rings is 1. The zero-order valence-electron chi connectivity index (χ0n) is 16.1. The van der Waals surface area contributed by atoms with Crippen LogP contribution in [0.4, 0.5) is 5.82 Å². The Labute approximate surface area is 171 Å². The lowest BCUT2D eigenvalue weighted by molar-refractivity contribution is 0.102. The van der Waals surface area contributed by atoms with Crippen molar-refractivity contribution in [3.8, 4) is 11.3 Å². The number of hydrogen-bond acceptors (Lipinski definition) is 6. The number of rotatable bonds is 5. The Morgan fingerprint density at radius 1 is 1.20 bits per heavy atom. The van der Waals surface area contributed by atoms with Crippen molar-refractivity contribution in [2.45, 2.75) is 6.54 Å². The molecule has 30 heavy (non-hydrogen) atoms. The third kappa shape index (κ3) is 3.32. The Balaban J connectivity index is 1.62. The average molecular weight is 399 g/mol. The molecule has 0 spiro atoms. The lowest BCUT2D eigenvalue weighted by Crippen LogP contribution is -2.14. The van der Waals surface area contributed by atoms with Gasteiger partial charge in [0.1, 0.15) is 12.3 Å². The Kier molecular flexibility index (Phi) is 4.32. The zero-order chi connectivity index (χ0) is 20.5. The Hall–Kier alpha value is -4.27. The molecule has 5 rings (SSSR count). The van der Waals surface area contributed by atoms with Crippen LogP contribution in [0.15, 0.2) is 71.9 Å². The van der Waals surface area contributed by atoms with E-state index in [-0.39, 0.29) is 5.91 Å². The second-order valence-electron chi connectivity index (χ2n) is 6.74. The molecule has 0 aliphatic carbocycles.